The summed E-state index contributed by atoms with van der Waals surface area (Å²) in [4.78, 5) is 28.7. The molecule has 30 heavy (non-hydrogen) atoms. The Morgan fingerprint density at radius 3 is 2.60 bits per heavy atom. The molecular formula is C23H25NO3S3. The first-order chi connectivity index (χ1) is 14.6. The highest BCUT2D eigenvalue weighted by atomic mass is 32.2. The van der Waals surface area contributed by atoms with Crippen molar-refractivity contribution in [1.29, 1.82) is 0 Å². The minimum atomic E-state index is -0.343. The number of hydrogen-bond donors (Lipinski definition) is 1. The molecule has 0 spiro atoms. The highest BCUT2D eigenvalue weighted by molar-refractivity contribution is 7.99. The number of dihydropyridines is 1. The summed E-state index contributed by atoms with van der Waals surface area (Å²) in [6.45, 7) is 4.38. The van der Waals surface area contributed by atoms with Crippen LogP contribution in [0.2, 0.25) is 0 Å². The lowest BCUT2D eigenvalue weighted by atomic mass is 9.74. The molecule has 3 heterocycles. The van der Waals surface area contributed by atoms with Gasteiger partial charge in [0.05, 0.1) is 11.5 Å². The van der Waals surface area contributed by atoms with E-state index >= 15 is 0 Å². The lowest BCUT2D eigenvalue weighted by Crippen LogP contribution is -2.35. The van der Waals surface area contributed by atoms with E-state index in [2.05, 4.69) is 23.7 Å². The molecule has 0 radical (unpaired) electrons. The summed E-state index contributed by atoms with van der Waals surface area (Å²) >= 11 is 5.03. The Hall–Kier alpha value is -1.83. The number of esters is 1. The van der Waals surface area contributed by atoms with Gasteiger partial charge in [-0.1, -0.05) is 19.1 Å². The Morgan fingerprint density at radius 1 is 1.20 bits per heavy atom. The fourth-order valence-electron chi connectivity index (χ4n) is 4.19. The van der Waals surface area contributed by atoms with Crippen LogP contribution in [0.3, 0.4) is 0 Å². The van der Waals surface area contributed by atoms with Crippen LogP contribution in [0.4, 0.5) is 0 Å². The van der Waals surface area contributed by atoms with Gasteiger partial charge in [-0.2, -0.15) is 11.8 Å². The number of ether oxygens (including phenoxy) is 1. The maximum atomic E-state index is 13.3. The number of carbonyl (C=O) groups excluding carboxylic acids is 2. The second-order valence-electron chi connectivity index (χ2n) is 7.38. The van der Waals surface area contributed by atoms with Crippen LogP contribution >= 0.6 is 34.4 Å². The van der Waals surface area contributed by atoms with E-state index in [1.807, 2.05) is 30.5 Å². The molecule has 1 N–H and O–H groups in total. The number of ketones is 1. The van der Waals surface area contributed by atoms with Crippen molar-refractivity contribution in [3.8, 4) is 0 Å². The molecule has 4 nitrogen and oxygen atoms in total. The SMILES string of the molecule is CCSCCOC(=O)C1=C(C)NC2=C(C(=O)C[C@H](c3cccs3)C2)[C@H]1c1cccs1. The van der Waals surface area contributed by atoms with Gasteiger partial charge < -0.3 is 10.1 Å². The summed E-state index contributed by atoms with van der Waals surface area (Å²) in [5, 5.41) is 7.46. The normalized spacial score (nSPS) is 21.5. The molecule has 1 aliphatic carbocycles. The van der Waals surface area contributed by atoms with Crippen molar-refractivity contribution >= 4 is 46.2 Å². The van der Waals surface area contributed by atoms with Crippen LogP contribution in [0.15, 0.2) is 57.6 Å². The summed E-state index contributed by atoms with van der Waals surface area (Å²) in [5.41, 5.74) is 3.06. The lowest BCUT2D eigenvalue weighted by molar-refractivity contribution is -0.138. The van der Waals surface area contributed by atoms with Crippen molar-refractivity contribution in [2.75, 3.05) is 18.1 Å². The average Bonchev–Trinajstić information content (AvgIpc) is 3.44. The number of Topliss-reactive ketones (excluding diaryl/α,β-unsaturated/α-hetero) is 1. The molecule has 0 bridgehead atoms. The average molecular weight is 460 g/mol. The zero-order valence-corrected chi connectivity index (χ0v) is 19.6. The Balaban J connectivity index is 1.66. The Labute approximate surface area is 189 Å². The standard InChI is InChI=1S/C23H25NO3S3/c1-3-28-11-8-27-23(26)20-14(2)24-16-12-15(18-6-4-9-29-18)13-17(25)21(16)22(20)19-7-5-10-30-19/h4-7,9-10,15,22,24H,3,8,11-13H2,1-2H3/t15-,22+/m1/s1. The van der Waals surface area contributed by atoms with Crippen molar-refractivity contribution in [2.24, 2.45) is 0 Å². The molecule has 0 unspecified atom stereocenters. The molecule has 4 rings (SSSR count). The first-order valence-corrected chi connectivity index (χ1v) is 13.1. The third-order valence-corrected chi connectivity index (χ3v) is 8.32. The van der Waals surface area contributed by atoms with Crippen LogP contribution in [0, 0.1) is 0 Å². The second-order valence-corrected chi connectivity index (χ2v) is 10.7. The lowest BCUT2D eigenvalue weighted by Gasteiger charge is -2.35. The first kappa shape index (κ1) is 21.4. The molecule has 158 valence electrons. The molecule has 1 aliphatic heterocycles. The van der Waals surface area contributed by atoms with Crippen molar-refractivity contribution in [2.45, 2.75) is 38.5 Å². The quantitative estimate of drug-likeness (QED) is 0.440. The molecule has 0 aromatic carbocycles. The number of allylic oxidation sites excluding steroid dienone is 3. The number of carbonyl (C=O) groups is 2. The van der Waals surface area contributed by atoms with Crippen LogP contribution in [0.1, 0.15) is 48.3 Å². The van der Waals surface area contributed by atoms with Crippen LogP contribution < -0.4 is 5.32 Å². The topological polar surface area (TPSA) is 55.4 Å². The Bertz CT molecular complexity index is 974. The number of thioether (sulfide) groups is 1. The van der Waals surface area contributed by atoms with Crippen LogP contribution in [-0.4, -0.2) is 29.9 Å². The smallest absolute Gasteiger partial charge is 0.336 e. The van der Waals surface area contributed by atoms with Gasteiger partial charge in [-0.05, 0) is 42.0 Å². The number of rotatable bonds is 7. The molecular weight excluding hydrogens is 434 g/mol. The number of thiophene rings is 2. The second kappa shape index (κ2) is 9.54. The van der Waals surface area contributed by atoms with Crippen molar-refractivity contribution in [1.82, 2.24) is 5.32 Å². The zero-order chi connectivity index (χ0) is 21.1. The van der Waals surface area contributed by atoms with E-state index in [0.717, 1.165) is 39.8 Å². The van der Waals surface area contributed by atoms with Gasteiger partial charge in [0.1, 0.15) is 6.61 Å². The van der Waals surface area contributed by atoms with E-state index in [-0.39, 0.29) is 23.6 Å². The fourth-order valence-corrected chi connectivity index (χ4v) is 6.35. The molecule has 0 saturated carbocycles. The monoisotopic (exact) mass is 459 g/mol. The van der Waals surface area contributed by atoms with E-state index in [0.29, 0.717) is 18.6 Å². The third-order valence-electron chi connectivity index (χ3n) is 5.49. The maximum absolute atomic E-state index is 13.3. The van der Waals surface area contributed by atoms with E-state index < -0.39 is 0 Å². The van der Waals surface area contributed by atoms with Crippen LogP contribution in [0.25, 0.3) is 0 Å². The van der Waals surface area contributed by atoms with Gasteiger partial charge in [-0.25, -0.2) is 4.79 Å². The van der Waals surface area contributed by atoms with Gasteiger partial charge in [0, 0.05) is 44.8 Å². The van der Waals surface area contributed by atoms with Crippen molar-refractivity contribution in [3.05, 3.63) is 67.3 Å². The van der Waals surface area contributed by atoms with Gasteiger partial charge in [0.2, 0.25) is 0 Å². The summed E-state index contributed by atoms with van der Waals surface area (Å²) in [6, 6.07) is 8.12. The predicted octanol–water partition coefficient (Wildman–Crippen LogP) is 5.47. The van der Waals surface area contributed by atoms with Crippen LogP contribution in [-0.2, 0) is 14.3 Å². The highest BCUT2D eigenvalue weighted by Gasteiger charge is 2.41. The molecule has 2 atom stereocenters. The van der Waals surface area contributed by atoms with Crippen molar-refractivity contribution in [3.63, 3.8) is 0 Å². The van der Waals surface area contributed by atoms with Gasteiger partial charge >= 0.3 is 5.97 Å². The molecule has 2 aliphatic rings. The Morgan fingerprint density at radius 2 is 1.93 bits per heavy atom. The molecule has 2 aromatic heterocycles. The molecule has 7 heteroatoms. The summed E-state index contributed by atoms with van der Waals surface area (Å²) in [6.07, 6.45) is 1.27. The van der Waals surface area contributed by atoms with Gasteiger partial charge in [-0.15, -0.1) is 22.7 Å². The van der Waals surface area contributed by atoms with Crippen molar-refractivity contribution < 1.29 is 14.3 Å². The first-order valence-electron chi connectivity index (χ1n) is 10.2. The minimum absolute atomic E-state index is 0.125. The van der Waals surface area contributed by atoms with E-state index in [4.69, 9.17) is 4.74 Å². The van der Waals surface area contributed by atoms with Gasteiger partial charge in [-0.3, -0.25) is 4.79 Å². The summed E-state index contributed by atoms with van der Waals surface area (Å²) < 4.78 is 5.59. The minimum Gasteiger partial charge on any atom is -0.461 e. The molecule has 0 amide bonds. The van der Waals surface area contributed by atoms with E-state index in [1.165, 1.54) is 4.88 Å². The number of nitrogens with one attached hydrogen (secondary N) is 1. The van der Waals surface area contributed by atoms with E-state index in [9.17, 15) is 9.59 Å². The van der Waals surface area contributed by atoms with Gasteiger partial charge in [0.15, 0.2) is 5.78 Å². The van der Waals surface area contributed by atoms with Crippen LogP contribution in [0.5, 0.6) is 0 Å². The molecule has 0 fully saturated rings. The predicted molar refractivity (Wildman–Crippen MR) is 125 cm³/mol. The van der Waals surface area contributed by atoms with E-state index in [1.54, 1.807) is 34.4 Å². The summed E-state index contributed by atoms with van der Waals surface area (Å²) in [7, 11) is 0. The fraction of sp³-hybridized carbons (Fsp3) is 0.391. The molecule has 0 saturated heterocycles. The zero-order valence-electron chi connectivity index (χ0n) is 17.1. The molecule has 2 aromatic rings. The largest absolute Gasteiger partial charge is 0.461 e. The number of hydrogen-bond acceptors (Lipinski definition) is 7. The third kappa shape index (κ3) is 4.29. The highest BCUT2D eigenvalue weighted by Crippen LogP contribution is 2.47. The summed E-state index contributed by atoms with van der Waals surface area (Å²) in [5.74, 6) is 1.43. The van der Waals surface area contributed by atoms with Gasteiger partial charge in [0.25, 0.3) is 0 Å². The Kier molecular flexibility index (Phi) is 6.80. The maximum Gasteiger partial charge on any atom is 0.336 e.